The Labute approximate surface area is 65.3 Å². The maximum atomic E-state index is 5.67. The number of aryl methyl sites for hydroxylation is 1. The van der Waals surface area contributed by atoms with Gasteiger partial charge in [0.25, 0.3) is 0 Å². The Kier molecular flexibility index (Phi) is 1.94. The average molecular weight is 158 g/mol. The lowest BCUT2D eigenvalue weighted by molar-refractivity contribution is 1.31. The van der Waals surface area contributed by atoms with E-state index >= 15 is 0 Å². The van der Waals surface area contributed by atoms with Crippen molar-refractivity contribution in [3.05, 3.63) is 28.8 Å². The molecular formula is C7H6ClS. The molecule has 0 atom stereocenters. The molecule has 0 spiro atoms. The lowest BCUT2D eigenvalue weighted by Crippen LogP contribution is -1.73. The van der Waals surface area contributed by atoms with Gasteiger partial charge in [-0.25, -0.2) is 0 Å². The minimum absolute atomic E-state index is 0.751. The molecule has 1 aromatic carbocycles. The number of hydrogen-bond acceptors (Lipinski definition) is 0. The highest BCUT2D eigenvalue weighted by molar-refractivity contribution is 7.80. The van der Waals surface area contributed by atoms with Crippen molar-refractivity contribution < 1.29 is 0 Å². The summed E-state index contributed by atoms with van der Waals surface area (Å²) < 4.78 is 0. The van der Waals surface area contributed by atoms with E-state index in [9.17, 15) is 0 Å². The first-order valence-corrected chi connectivity index (χ1v) is 3.42. The summed E-state index contributed by atoms with van der Waals surface area (Å²) >= 11 is 10.6. The molecule has 0 fully saturated rings. The van der Waals surface area contributed by atoms with E-state index in [1.54, 1.807) is 6.07 Å². The van der Waals surface area contributed by atoms with Crippen LogP contribution in [0.5, 0.6) is 0 Å². The molecule has 0 saturated carbocycles. The largest absolute Gasteiger partial charge is 0.0843 e. The Hall–Kier alpha value is -0.270. The van der Waals surface area contributed by atoms with Gasteiger partial charge in [0, 0.05) is 9.92 Å². The smallest absolute Gasteiger partial charge is 0.0409 e. The molecule has 0 aliphatic carbocycles. The van der Waals surface area contributed by atoms with Crippen LogP contribution in [0.15, 0.2) is 23.1 Å². The van der Waals surface area contributed by atoms with E-state index in [1.807, 2.05) is 19.1 Å². The Morgan fingerprint density at radius 1 is 1.44 bits per heavy atom. The predicted octanol–water partition coefficient (Wildman–Crippen LogP) is 3.20. The quantitative estimate of drug-likeness (QED) is 0.543. The van der Waals surface area contributed by atoms with Crippen LogP contribution in [-0.2, 0) is 0 Å². The summed E-state index contributed by atoms with van der Waals surface area (Å²) in [7, 11) is 0. The van der Waals surface area contributed by atoms with Gasteiger partial charge in [0.15, 0.2) is 0 Å². The van der Waals surface area contributed by atoms with Crippen LogP contribution in [0.3, 0.4) is 0 Å². The topological polar surface area (TPSA) is 0 Å². The number of halogens is 1. The first-order chi connectivity index (χ1) is 4.20. The Morgan fingerprint density at radius 3 is 2.56 bits per heavy atom. The normalized spacial score (nSPS) is 9.56. The second kappa shape index (κ2) is 2.54. The standard InChI is InChI=1S/C7H6ClS/c1-5-4-6(8)2-3-7(5)9/h2-4H,1H3. The van der Waals surface area contributed by atoms with Crippen LogP contribution in [0.2, 0.25) is 5.02 Å². The van der Waals surface area contributed by atoms with Crippen LogP contribution < -0.4 is 0 Å². The number of rotatable bonds is 0. The highest BCUT2D eigenvalue weighted by Crippen LogP contribution is 2.17. The van der Waals surface area contributed by atoms with E-state index in [-0.39, 0.29) is 0 Å². The maximum Gasteiger partial charge on any atom is 0.0409 e. The lowest BCUT2D eigenvalue weighted by atomic mass is 10.2. The van der Waals surface area contributed by atoms with Crippen molar-refractivity contribution in [1.82, 2.24) is 0 Å². The van der Waals surface area contributed by atoms with Crippen molar-refractivity contribution >= 4 is 24.2 Å². The summed E-state index contributed by atoms with van der Waals surface area (Å²) in [5.74, 6) is 0. The van der Waals surface area contributed by atoms with Crippen LogP contribution in [0.1, 0.15) is 5.56 Å². The van der Waals surface area contributed by atoms with Gasteiger partial charge in [0.2, 0.25) is 0 Å². The van der Waals surface area contributed by atoms with E-state index < -0.39 is 0 Å². The SMILES string of the molecule is Cc1cc(Cl)ccc1[S]. The van der Waals surface area contributed by atoms with Crippen LogP contribution in [0.25, 0.3) is 0 Å². The highest BCUT2D eigenvalue weighted by Gasteiger charge is 1.92. The molecule has 1 radical (unpaired) electrons. The van der Waals surface area contributed by atoms with E-state index in [4.69, 9.17) is 24.2 Å². The molecule has 0 N–H and O–H groups in total. The van der Waals surface area contributed by atoms with E-state index in [0.717, 1.165) is 15.5 Å². The monoisotopic (exact) mass is 157 g/mol. The van der Waals surface area contributed by atoms with Gasteiger partial charge in [-0.1, -0.05) is 24.2 Å². The van der Waals surface area contributed by atoms with Gasteiger partial charge in [-0.05, 0) is 30.7 Å². The van der Waals surface area contributed by atoms with Crippen molar-refractivity contribution in [2.45, 2.75) is 11.8 Å². The maximum absolute atomic E-state index is 5.67. The molecular weight excluding hydrogens is 152 g/mol. The van der Waals surface area contributed by atoms with Crippen molar-refractivity contribution in [3.8, 4) is 0 Å². The number of benzene rings is 1. The zero-order chi connectivity index (χ0) is 6.85. The Morgan fingerprint density at radius 2 is 2.11 bits per heavy atom. The molecule has 9 heavy (non-hydrogen) atoms. The fourth-order valence-corrected chi connectivity index (χ4v) is 0.966. The summed E-state index contributed by atoms with van der Waals surface area (Å²) in [5.41, 5.74) is 1.07. The Balaban J connectivity index is 3.17. The Bertz CT molecular complexity index is 220. The van der Waals surface area contributed by atoms with Crippen molar-refractivity contribution in [3.63, 3.8) is 0 Å². The average Bonchev–Trinajstić information content (AvgIpc) is 1.80. The van der Waals surface area contributed by atoms with Gasteiger partial charge in [0.05, 0.1) is 0 Å². The molecule has 0 bridgehead atoms. The summed E-state index contributed by atoms with van der Waals surface area (Å²) in [4.78, 5) is 0.874. The van der Waals surface area contributed by atoms with Crippen LogP contribution in [0.4, 0.5) is 0 Å². The fourth-order valence-electron chi connectivity index (χ4n) is 0.613. The molecule has 47 valence electrons. The van der Waals surface area contributed by atoms with Gasteiger partial charge in [-0.15, -0.1) is 0 Å². The number of hydrogen-bond donors (Lipinski definition) is 0. The minimum atomic E-state index is 0.751. The van der Waals surface area contributed by atoms with Crippen LogP contribution >= 0.6 is 24.2 Å². The molecule has 1 rings (SSSR count). The zero-order valence-electron chi connectivity index (χ0n) is 5.02. The van der Waals surface area contributed by atoms with Crippen LogP contribution in [-0.4, -0.2) is 0 Å². The lowest BCUT2D eigenvalue weighted by Gasteiger charge is -1.94. The van der Waals surface area contributed by atoms with Crippen molar-refractivity contribution in [2.24, 2.45) is 0 Å². The molecule has 1 aromatic rings. The molecule has 0 aliphatic heterocycles. The summed E-state index contributed by atoms with van der Waals surface area (Å²) in [6.07, 6.45) is 0. The summed E-state index contributed by atoms with van der Waals surface area (Å²) in [6.45, 7) is 1.95. The van der Waals surface area contributed by atoms with E-state index in [0.29, 0.717) is 0 Å². The highest BCUT2D eigenvalue weighted by atomic mass is 35.5. The van der Waals surface area contributed by atoms with Gasteiger partial charge in [0.1, 0.15) is 0 Å². The van der Waals surface area contributed by atoms with E-state index in [2.05, 4.69) is 0 Å². The molecule has 0 nitrogen and oxygen atoms in total. The third kappa shape index (κ3) is 1.57. The molecule has 0 aliphatic rings. The van der Waals surface area contributed by atoms with Crippen LogP contribution in [0, 0.1) is 6.92 Å². The molecule has 0 aromatic heterocycles. The predicted molar refractivity (Wildman–Crippen MR) is 42.0 cm³/mol. The molecule has 0 unspecified atom stereocenters. The minimum Gasteiger partial charge on any atom is -0.0843 e. The first kappa shape index (κ1) is 6.84. The molecule has 0 amide bonds. The summed E-state index contributed by atoms with van der Waals surface area (Å²) in [5, 5.41) is 0.751. The van der Waals surface area contributed by atoms with E-state index in [1.165, 1.54) is 0 Å². The van der Waals surface area contributed by atoms with Gasteiger partial charge in [-0.3, -0.25) is 0 Å². The second-order valence-electron chi connectivity index (χ2n) is 1.91. The van der Waals surface area contributed by atoms with Gasteiger partial charge >= 0.3 is 0 Å². The summed E-state index contributed by atoms with van der Waals surface area (Å²) in [6, 6.07) is 5.51. The second-order valence-corrected chi connectivity index (χ2v) is 2.79. The third-order valence-corrected chi connectivity index (χ3v) is 1.83. The van der Waals surface area contributed by atoms with Gasteiger partial charge < -0.3 is 0 Å². The van der Waals surface area contributed by atoms with Crippen molar-refractivity contribution in [2.75, 3.05) is 0 Å². The first-order valence-electron chi connectivity index (χ1n) is 2.63. The van der Waals surface area contributed by atoms with Crippen molar-refractivity contribution in [1.29, 1.82) is 0 Å². The molecule has 0 heterocycles. The fraction of sp³-hybridized carbons (Fsp3) is 0.143. The van der Waals surface area contributed by atoms with Gasteiger partial charge in [-0.2, -0.15) is 0 Å². The zero-order valence-corrected chi connectivity index (χ0v) is 6.59. The molecule has 2 heteroatoms. The third-order valence-electron chi connectivity index (χ3n) is 1.14. The molecule has 0 saturated heterocycles.